The minimum absolute atomic E-state index is 0.00492. The highest BCUT2D eigenvalue weighted by molar-refractivity contribution is 7.89. The maximum atomic E-state index is 15.3. The molecule has 5 rings (SSSR count). The first-order chi connectivity index (χ1) is 22.9. The van der Waals surface area contributed by atoms with Crippen LogP contribution < -0.4 is 21.1 Å². The lowest BCUT2D eigenvalue weighted by Crippen LogP contribution is -2.58. The number of carbonyl (C=O) groups excluding carboxylic acids is 1. The van der Waals surface area contributed by atoms with E-state index in [1.807, 2.05) is 0 Å². The lowest BCUT2D eigenvalue weighted by Gasteiger charge is -2.40. The molecule has 0 spiro atoms. The number of halogens is 4. The third kappa shape index (κ3) is 7.51. The highest BCUT2D eigenvalue weighted by atomic mass is 32.2. The predicted octanol–water partition coefficient (Wildman–Crippen LogP) is 4.73. The highest BCUT2D eigenvalue weighted by Gasteiger charge is 2.39. The van der Waals surface area contributed by atoms with Crippen molar-refractivity contribution in [3.05, 3.63) is 119 Å². The van der Waals surface area contributed by atoms with E-state index in [-0.39, 0.29) is 40.3 Å². The number of carbonyl (C=O) groups is 1. The largest absolute Gasteiger partial charge is 0.495 e. The van der Waals surface area contributed by atoms with Crippen molar-refractivity contribution in [3.63, 3.8) is 0 Å². The molecule has 9 nitrogen and oxygen atoms in total. The Labute approximate surface area is 276 Å². The second-order valence-electron chi connectivity index (χ2n) is 11.6. The normalized spacial score (nSPS) is 18.2. The molecule has 254 valence electrons. The van der Waals surface area contributed by atoms with Crippen molar-refractivity contribution in [1.29, 1.82) is 0 Å². The number of hydrogen-bond acceptors (Lipinski definition) is 7. The molecule has 1 amide bonds. The van der Waals surface area contributed by atoms with E-state index in [2.05, 4.69) is 15.6 Å². The molecule has 0 bridgehead atoms. The van der Waals surface area contributed by atoms with Gasteiger partial charge in [0.1, 0.15) is 33.9 Å². The number of nitrogens with zero attached hydrogens (tertiary/aromatic N) is 2. The number of aromatic nitrogens is 1. The average molecular weight is 686 g/mol. The maximum Gasteiger partial charge on any atom is 0.247 e. The van der Waals surface area contributed by atoms with E-state index in [1.54, 1.807) is 25.1 Å². The molecule has 0 radical (unpaired) electrons. The van der Waals surface area contributed by atoms with Gasteiger partial charge in [0.05, 0.1) is 31.2 Å². The Kier molecular flexibility index (Phi) is 10.8. The summed E-state index contributed by atoms with van der Waals surface area (Å²) >= 11 is 0. The Morgan fingerprint density at radius 1 is 1.00 bits per heavy atom. The SMILES string of the molecule is COc1ccccc1S(=O)(=O)N1[C@@H](CCc2c(F)cncc2NC(=O)[C@@H](N)[C@@H](c2ccc(F)cc2)c2cc(F)cc(F)c2)CNC[C@@H]1C. The first kappa shape index (κ1) is 35.0. The van der Waals surface area contributed by atoms with Gasteiger partial charge in [-0.15, -0.1) is 0 Å². The topological polar surface area (TPSA) is 127 Å². The van der Waals surface area contributed by atoms with Gasteiger partial charge in [-0.3, -0.25) is 9.78 Å². The quantitative estimate of drug-likeness (QED) is 0.195. The molecule has 1 aromatic heterocycles. The van der Waals surface area contributed by atoms with Crippen LogP contribution in [0.1, 0.15) is 36.0 Å². The number of amides is 1. The zero-order valence-corrected chi connectivity index (χ0v) is 27.0. The molecule has 0 saturated carbocycles. The van der Waals surface area contributed by atoms with Crippen LogP contribution in [-0.2, 0) is 21.2 Å². The number of methoxy groups -OCH3 is 1. The van der Waals surface area contributed by atoms with Crippen molar-refractivity contribution < 1.29 is 35.5 Å². The number of anilines is 1. The van der Waals surface area contributed by atoms with E-state index >= 15 is 4.39 Å². The smallest absolute Gasteiger partial charge is 0.247 e. The van der Waals surface area contributed by atoms with Crippen LogP contribution >= 0.6 is 0 Å². The van der Waals surface area contributed by atoms with Crippen molar-refractivity contribution in [2.24, 2.45) is 5.73 Å². The molecule has 4 aromatic rings. The molecule has 0 aliphatic carbocycles. The summed E-state index contributed by atoms with van der Waals surface area (Å²) < 4.78 is 92.0. The first-order valence-corrected chi connectivity index (χ1v) is 16.6. The standard InChI is InChI=1S/C34H35F4N5O4S/c1-20-16-40-17-26(43(20)48(45,46)31-6-4-3-5-30(31)47-2)11-12-27-28(38)18-41-19-29(27)42-34(44)33(39)32(21-7-9-23(35)10-8-21)22-13-24(36)15-25(37)14-22/h3-10,13-15,18-20,26,32-33,40H,11-12,16-17,39H2,1-2H3,(H,42,44)/t20-,26-,32-,33-/m0/s1. The summed E-state index contributed by atoms with van der Waals surface area (Å²) in [5.41, 5.74) is 6.81. The van der Waals surface area contributed by atoms with Crippen molar-refractivity contribution >= 4 is 21.6 Å². The van der Waals surface area contributed by atoms with Gasteiger partial charge in [-0.2, -0.15) is 4.31 Å². The second-order valence-corrected chi connectivity index (χ2v) is 13.4. The van der Waals surface area contributed by atoms with E-state index in [1.165, 1.54) is 35.8 Å². The van der Waals surface area contributed by atoms with E-state index in [4.69, 9.17) is 10.5 Å². The lowest BCUT2D eigenvalue weighted by molar-refractivity contribution is -0.117. The van der Waals surface area contributed by atoms with Crippen LogP contribution in [0.5, 0.6) is 5.75 Å². The Balaban J connectivity index is 1.40. The van der Waals surface area contributed by atoms with Gasteiger partial charge in [-0.05, 0) is 67.3 Å². The van der Waals surface area contributed by atoms with E-state index in [0.29, 0.717) is 24.7 Å². The third-order valence-corrected chi connectivity index (χ3v) is 10.5. The van der Waals surface area contributed by atoms with Crippen molar-refractivity contribution in [3.8, 4) is 5.75 Å². The molecular weight excluding hydrogens is 650 g/mol. The number of para-hydroxylation sites is 1. The van der Waals surface area contributed by atoms with Gasteiger partial charge < -0.3 is 21.1 Å². The summed E-state index contributed by atoms with van der Waals surface area (Å²) in [5.74, 6) is -4.82. The fourth-order valence-corrected chi connectivity index (χ4v) is 8.14. The van der Waals surface area contributed by atoms with Crippen LogP contribution in [-0.4, -0.2) is 61.9 Å². The van der Waals surface area contributed by atoms with Gasteiger partial charge in [0, 0.05) is 42.7 Å². The van der Waals surface area contributed by atoms with E-state index < -0.39 is 63.2 Å². The molecular formula is C34H35F4N5O4S. The lowest BCUT2D eigenvalue weighted by atomic mass is 9.84. The summed E-state index contributed by atoms with van der Waals surface area (Å²) in [6.45, 7) is 2.47. The third-order valence-electron chi connectivity index (χ3n) is 8.36. The summed E-state index contributed by atoms with van der Waals surface area (Å²) in [7, 11) is -2.64. The minimum Gasteiger partial charge on any atom is -0.495 e. The summed E-state index contributed by atoms with van der Waals surface area (Å²) in [4.78, 5) is 17.5. The molecule has 14 heteroatoms. The van der Waals surface area contributed by atoms with Gasteiger partial charge in [0.2, 0.25) is 15.9 Å². The van der Waals surface area contributed by atoms with Crippen LogP contribution in [0.25, 0.3) is 0 Å². The van der Waals surface area contributed by atoms with Gasteiger partial charge in [0.25, 0.3) is 0 Å². The van der Waals surface area contributed by atoms with Crippen LogP contribution in [0.15, 0.2) is 84.0 Å². The molecule has 1 saturated heterocycles. The van der Waals surface area contributed by atoms with Crippen LogP contribution in [0.2, 0.25) is 0 Å². The zero-order chi connectivity index (χ0) is 34.6. The second kappa shape index (κ2) is 14.8. The van der Waals surface area contributed by atoms with Gasteiger partial charge in [0.15, 0.2) is 0 Å². The fourth-order valence-electron chi connectivity index (χ4n) is 6.14. The number of sulfonamides is 1. The highest BCUT2D eigenvalue weighted by Crippen LogP contribution is 2.33. The van der Waals surface area contributed by atoms with Crippen molar-refractivity contribution in [2.75, 3.05) is 25.5 Å². The molecule has 3 aromatic carbocycles. The molecule has 1 aliphatic rings. The Hall–Kier alpha value is -4.37. The first-order valence-electron chi connectivity index (χ1n) is 15.2. The maximum absolute atomic E-state index is 15.3. The molecule has 2 heterocycles. The number of ether oxygens (including phenoxy) is 1. The molecule has 1 aliphatic heterocycles. The Morgan fingerprint density at radius 2 is 1.69 bits per heavy atom. The zero-order valence-electron chi connectivity index (χ0n) is 26.2. The number of piperazine rings is 1. The molecule has 48 heavy (non-hydrogen) atoms. The fraction of sp³-hybridized carbons (Fsp3) is 0.294. The number of nitrogens with two attached hydrogens (primary N) is 1. The Morgan fingerprint density at radius 3 is 2.38 bits per heavy atom. The molecule has 1 fully saturated rings. The average Bonchev–Trinajstić information content (AvgIpc) is 3.05. The van der Waals surface area contributed by atoms with Crippen molar-refractivity contribution in [1.82, 2.24) is 14.6 Å². The summed E-state index contributed by atoms with van der Waals surface area (Å²) in [6.07, 6.45) is 2.39. The van der Waals surface area contributed by atoms with E-state index in [0.717, 1.165) is 30.5 Å². The number of benzene rings is 3. The van der Waals surface area contributed by atoms with Crippen LogP contribution in [0.4, 0.5) is 23.2 Å². The predicted molar refractivity (Wildman–Crippen MR) is 172 cm³/mol. The summed E-state index contributed by atoms with van der Waals surface area (Å²) in [6, 6.07) is 11.5. The van der Waals surface area contributed by atoms with Crippen LogP contribution in [0.3, 0.4) is 0 Å². The molecule has 0 unspecified atom stereocenters. The van der Waals surface area contributed by atoms with Gasteiger partial charge in [-0.25, -0.2) is 26.0 Å². The number of nitrogens with one attached hydrogen (secondary N) is 2. The van der Waals surface area contributed by atoms with Crippen molar-refractivity contribution in [2.45, 2.75) is 48.7 Å². The monoisotopic (exact) mass is 685 g/mol. The number of rotatable bonds is 11. The summed E-state index contributed by atoms with van der Waals surface area (Å²) in [5, 5.41) is 5.83. The number of pyridine rings is 1. The number of hydrogen-bond donors (Lipinski definition) is 3. The minimum atomic E-state index is -4.03. The Bertz CT molecular complexity index is 1860. The van der Waals surface area contributed by atoms with Gasteiger partial charge in [-0.1, -0.05) is 24.3 Å². The van der Waals surface area contributed by atoms with Gasteiger partial charge >= 0.3 is 0 Å². The molecule has 4 atom stereocenters. The van der Waals surface area contributed by atoms with Crippen LogP contribution in [0, 0.1) is 23.3 Å². The molecule has 4 N–H and O–H groups in total. The van der Waals surface area contributed by atoms with E-state index in [9.17, 15) is 26.4 Å².